The number of carbonyl (C=O) groups is 1. The van der Waals surface area contributed by atoms with Gasteiger partial charge in [-0.15, -0.1) is 35.3 Å². The lowest BCUT2D eigenvalue weighted by Crippen LogP contribution is -2.42. The fourth-order valence-corrected chi connectivity index (χ4v) is 3.67. The third-order valence-electron chi connectivity index (χ3n) is 4.18. The van der Waals surface area contributed by atoms with Gasteiger partial charge >= 0.3 is 0 Å². The zero-order valence-electron chi connectivity index (χ0n) is 15.4. The first-order valence-electron chi connectivity index (χ1n) is 8.87. The van der Waals surface area contributed by atoms with E-state index >= 15 is 0 Å². The quantitative estimate of drug-likeness (QED) is 0.342. The zero-order chi connectivity index (χ0) is 17.4. The van der Waals surface area contributed by atoms with Crippen LogP contribution in [0.3, 0.4) is 0 Å². The van der Waals surface area contributed by atoms with Crippen molar-refractivity contribution in [3.05, 3.63) is 16.1 Å². The average Bonchev–Trinajstić information content (AvgIpc) is 3.17. The van der Waals surface area contributed by atoms with Gasteiger partial charge in [-0.25, -0.2) is 9.98 Å². The molecule has 8 heteroatoms. The Hall–Kier alpha value is -0.900. The van der Waals surface area contributed by atoms with Gasteiger partial charge < -0.3 is 15.5 Å². The summed E-state index contributed by atoms with van der Waals surface area (Å²) in [4.78, 5) is 24.1. The molecule has 2 N–H and O–H groups in total. The first-order chi connectivity index (χ1) is 11.6. The maximum absolute atomic E-state index is 11.9. The summed E-state index contributed by atoms with van der Waals surface area (Å²) in [5.41, 5.74) is 0. The highest BCUT2D eigenvalue weighted by Crippen LogP contribution is 2.17. The van der Waals surface area contributed by atoms with Crippen LogP contribution in [0.5, 0.6) is 0 Å². The van der Waals surface area contributed by atoms with Crippen LogP contribution in [0, 0.1) is 6.92 Å². The Morgan fingerprint density at radius 1 is 1.44 bits per heavy atom. The molecule has 25 heavy (non-hydrogen) atoms. The predicted octanol–water partition coefficient (Wildman–Crippen LogP) is 2.92. The maximum atomic E-state index is 11.9. The van der Waals surface area contributed by atoms with E-state index in [2.05, 4.69) is 41.4 Å². The Balaban J connectivity index is 0.00000312. The van der Waals surface area contributed by atoms with Crippen LogP contribution in [0.15, 0.2) is 11.2 Å². The molecular weight excluding hydrogens is 449 g/mol. The third kappa shape index (κ3) is 7.08. The summed E-state index contributed by atoms with van der Waals surface area (Å²) in [6.45, 7) is 9.40. The number of likely N-dealkylation sites (tertiary alicyclic amines) is 1. The lowest BCUT2D eigenvalue weighted by atomic mass is 10.1. The number of aromatic nitrogens is 1. The van der Waals surface area contributed by atoms with E-state index in [0.717, 1.165) is 49.9 Å². The Morgan fingerprint density at radius 2 is 2.24 bits per heavy atom. The highest BCUT2D eigenvalue weighted by atomic mass is 127. The number of halogens is 1. The van der Waals surface area contributed by atoms with E-state index in [1.54, 1.807) is 11.3 Å². The normalized spacial score (nSPS) is 15.9. The van der Waals surface area contributed by atoms with Crippen LogP contribution >= 0.6 is 35.3 Å². The molecule has 1 aromatic rings. The smallest absolute Gasteiger partial charge is 0.222 e. The van der Waals surface area contributed by atoms with Crippen molar-refractivity contribution in [3.63, 3.8) is 0 Å². The van der Waals surface area contributed by atoms with Crippen molar-refractivity contribution >= 4 is 47.2 Å². The third-order valence-corrected chi connectivity index (χ3v) is 5.08. The van der Waals surface area contributed by atoms with Crippen molar-refractivity contribution in [3.8, 4) is 0 Å². The van der Waals surface area contributed by atoms with Gasteiger partial charge in [-0.05, 0) is 33.1 Å². The molecule has 1 atom stereocenters. The van der Waals surface area contributed by atoms with Crippen LogP contribution in [-0.4, -0.2) is 47.4 Å². The number of aryl methyl sites for hydroxylation is 1. The molecule has 0 aromatic carbocycles. The Bertz CT molecular complexity index is 563. The van der Waals surface area contributed by atoms with E-state index in [1.165, 1.54) is 4.88 Å². The Kier molecular flexibility index (Phi) is 10.3. The van der Waals surface area contributed by atoms with Crippen LogP contribution in [0.25, 0.3) is 0 Å². The van der Waals surface area contributed by atoms with Crippen LogP contribution in [0.4, 0.5) is 0 Å². The van der Waals surface area contributed by atoms with Crippen LogP contribution in [-0.2, 0) is 11.3 Å². The molecule has 0 saturated carbocycles. The lowest BCUT2D eigenvalue weighted by molar-refractivity contribution is -0.129. The second-order valence-electron chi connectivity index (χ2n) is 6.03. The summed E-state index contributed by atoms with van der Waals surface area (Å²) in [6.07, 6.45) is 5.54. The van der Waals surface area contributed by atoms with Crippen LogP contribution < -0.4 is 10.6 Å². The second kappa shape index (κ2) is 11.7. The van der Waals surface area contributed by atoms with E-state index in [1.807, 2.05) is 11.1 Å². The van der Waals surface area contributed by atoms with Gasteiger partial charge in [0.2, 0.25) is 5.91 Å². The molecular formula is C17H30IN5OS. The van der Waals surface area contributed by atoms with E-state index in [9.17, 15) is 4.79 Å². The Labute approximate surface area is 171 Å². The van der Waals surface area contributed by atoms with E-state index < -0.39 is 0 Å². The number of thiazole rings is 1. The fourth-order valence-electron chi connectivity index (χ4n) is 2.96. The van der Waals surface area contributed by atoms with Gasteiger partial charge in [-0.2, -0.15) is 0 Å². The van der Waals surface area contributed by atoms with Gasteiger partial charge in [0.15, 0.2) is 5.96 Å². The molecule has 1 unspecified atom stereocenters. The molecule has 0 spiro atoms. The highest BCUT2D eigenvalue weighted by molar-refractivity contribution is 14.0. The van der Waals surface area contributed by atoms with Crippen molar-refractivity contribution in [2.75, 3.05) is 19.6 Å². The first kappa shape index (κ1) is 22.1. The number of aliphatic imine (C=N–C) groups is 1. The van der Waals surface area contributed by atoms with Crippen LogP contribution in [0.1, 0.15) is 49.4 Å². The van der Waals surface area contributed by atoms with Crippen molar-refractivity contribution in [1.82, 2.24) is 20.5 Å². The van der Waals surface area contributed by atoms with Gasteiger partial charge in [0.25, 0.3) is 0 Å². The molecule has 2 rings (SSSR count). The molecule has 0 bridgehead atoms. The molecule has 1 fully saturated rings. The van der Waals surface area contributed by atoms with Crippen molar-refractivity contribution in [1.29, 1.82) is 0 Å². The summed E-state index contributed by atoms with van der Waals surface area (Å²) in [5.74, 6) is 1.12. The van der Waals surface area contributed by atoms with E-state index in [4.69, 9.17) is 0 Å². The number of rotatable bonds is 8. The summed E-state index contributed by atoms with van der Waals surface area (Å²) < 4.78 is 0. The summed E-state index contributed by atoms with van der Waals surface area (Å²) in [7, 11) is 0. The summed E-state index contributed by atoms with van der Waals surface area (Å²) >= 11 is 1.68. The van der Waals surface area contributed by atoms with Crippen molar-refractivity contribution < 1.29 is 4.79 Å². The zero-order valence-corrected chi connectivity index (χ0v) is 18.5. The highest BCUT2D eigenvalue weighted by Gasteiger charge is 2.26. The van der Waals surface area contributed by atoms with Gasteiger partial charge in [0.05, 0.1) is 6.54 Å². The van der Waals surface area contributed by atoms with E-state index in [0.29, 0.717) is 24.9 Å². The molecule has 142 valence electrons. The maximum Gasteiger partial charge on any atom is 0.222 e. The first-order valence-corrected chi connectivity index (χ1v) is 9.68. The molecule has 1 aliphatic rings. The van der Waals surface area contributed by atoms with E-state index in [-0.39, 0.29) is 24.0 Å². The largest absolute Gasteiger partial charge is 0.357 e. The SMILES string of the molecule is CCNC(=NCc1ncc(C)s1)NCCC(CC)N1CCCC1=O.I. The molecule has 0 aliphatic carbocycles. The fraction of sp³-hybridized carbons (Fsp3) is 0.706. The molecule has 1 amide bonds. The average molecular weight is 479 g/mol. The number of nitrogens with zero attached hydrogens (tertiary/aromatic N) is 3. The van der Waals surface area contributed by atoms with Crippen molar-refractivity contribution in [2.45, 2.75) is 59.0 Å². The van der Waals surface area contributed by atoms with Crippen LogP contribution in [0.2, 0.25) is 0 Å². The Morgan fingerprint density at radius 3 is 2.80 bits per heavy atom. The molecule has 1 aromatic heterocycles. The minimum absolute atomic E-state index is 0. The number of carbonyl (C=O) groups excluding carboxylic acids is 1. The van der Waals surface area contributed by atoms with Crippen molar-refractivity contribution in [2.24, 2.45) is 4.99 Å². The standard InChI is InChI=1S/C17H29N5OS.HI/c1-4-14(22-10-6-7-16(22)23)8-9-19-17(18-5-2)21-12-15-20-11-13(3)24-15;/h11,14H,4-10,12H2,1-3H3,(H2,18,19,21);1H. The number of guanidine groups is 1. The predicted molar refractivity (Wildman–Crippen MR) is 115 cm³/mol. The lowest BCUT2D eigenvalue weighted by Gasteiger charge is -2.27. The number of amides is 1. The molecule has 2 heterocycles. The van der Waals surface area contributed by atoms with Gasteiger partial charge in [-0.3, -0.25) is 4.79 Å². The van der Waals surface area contributed by atoms with Gasteiger partial charge in [0.1, 0.15) is 5.01 Å². The number of hydrogen-bond acceptors (Lipinski definition) is 4. The number of nitrogens with one attached hydrogen (secondary N) is 2. The minimum Gasteiger partial charge on any atom is -0.357 e. The molecule has 1 saturated heterocycles. The summed E-state index contributed by atoms with van der Waals surface area (Å²) in [6, 6.07) is 0.331. The minimum atomic E-state index is 0. The second-order valence-corrected chi connectivity index (χ2v) is 7.35. The molecule has 1 aliphatic heterocycles. The van der Waals surface area contributed by atoms with Gasteiger partial charge in [0, 0.05) is 43.2 Å². The summed E-state index contributed by atoms with van der Waals surface area (Å²) in [5, 5.41) is 7.67. The molecule has 6 nitrogen and oxygen atoms in total. The van der Waals surface area contributed by atoms with Gasteiger partial charge in [-0.1, -0.05) is 6.92 Å². The molecule has 0 radical (unpaired) electrons. The number of hydrogen-bond donors (Lipinski definition) is 2. The topological polar surface area (TPSA) is 69.6 Å². The monoisotopic (exact) mass is 479 g/mol.